The maximum absolute atomic E-state index is 12.6. The van der Waals surface area contributed by atoms with E-state index < -0.39 is 6.61 Å². The molecule has 1 aromatic heterocycles. The summed E-state index contributed by atoms with van der Waals surface area (Å²) in [5.74, 6) is 2.01. The molecule has 0 atom stereocenters. The van der Waals surface area contributed by atoms with Crippen LogP contribution in [0.5, 0.6) is 5.75 Å². The monoisotopic (exact) mass is 406 g/mol. The van der Waals surface area contributed by atoms with E-state index in [4.69, 9.17) is 4.98 Å². The van der Waals surface area contributed by atoms with E-state index in [1.54, 1.807) is 12.1 Å². The van der Waals surface area contributed by atoms with Crippen molar-refractivity contribution >= 4 is 16.8 Å². The van der Waals surface area contributed by atoms with Gasteiger partial charge in [-0.3, -0.25) is 4.79 Å². The van der Waals surface area contributed by atoms with E-state index in [9.17, 15) is 13.6 Å². The molecule has 0 aliphatic heterocycles. The summed E-state index contributed by atoms with van der Waals surface area (Å²) < 4.78 is 31.8. The van der Waals surface area contributed by atoms with Crippen molar-refractivity contribution in [3.8, 4) is 5.75 Å². The van der Waals surface area contributed by atoms with Crippen LogP contribution in [0.2, 0.25) is 0 Å². The van der Waals surface area contributed by atoms with E-state index in [0.717, 1.165) is 23.3 Å². The summed E-state index contributed by atoms with van der Waals surface area (Å²) in [4.78, 5) is 17.2. The maximum atomic E-state index is 12.6. The third-order valence-corrected chi connectivity index (χ3v) is 5.78. The smallest absolute Gasteiger partial charge is 0.387 e. The van der Waals surface area contributed by atoms with Gasteiger partial charge in [0, 0.05) is 30.9 Å². The molecule has 0 saturated heterocycles. The zero-order valence-corrected chi connectivity index (χ0v) is 18.1. The molecule has 1 aromatic carbocycles. The molecule has 1 aliphatic rings. The van der Waals surface area contributed by atoms with Gasteiger partial charge in [0.1, 0.15) is 17.4 Å². The minimum atomic E-state index is -2.86. The van der Waals surface area contributed by atoms with Gasteiger partial charge in [0.25, 0.3) is 0 Å². The van der Waals surface area contributed by atoms with Crippen LogP contribution in [0.15, 0.2) is 18.2 Å². The number of imidazole rings is 1. The van der Waals surface area contributed by atoms with Crippen molar-refractivity contribution in [3.05, 3.63) is 24.0 Å². The number of aryl methyl sites for hydroxylation is 1. The fraction of sp³-hybridized carbons (Fsp3) is 0.652. The SMILES string of the molecule is CC(C)(CC(=O)CCCc1nc2ccc(OC(F)F)cc2n1C(C)(C)C)C1CC1. The second-order valence-corrected chi connectivity index (χ2v) is 9.90. The van der Waals surface area contributed by atoms with Gasteiger partial charge in [-0.05, 0) is 63.5 Å². The van der Waals surface area contributed by atoms with E-state index >= 15 is 0 Å². The molecule has 29 heavy (non-hydrogen) atoms. The number of carbonyl (C=O) groups excluding carboxylic acids is 1. The standard InChI is InChI=1S/C23H32F2N2O2/c1-22(2,3)27-19-13-17(29-21(24)25)11-12-18(19)26-20(27)8-6-7-16(28)14-23(4,5)15-9-10-15/h11-13,15,21H,6-10,14H2,1-5H3. The fourth-order valence-corrected chi connectivity index (χ4v) is 4.25. The summed E-state index contributed by atoms with van der Waals surface area (Å²) in [5.41, 5.74) is 1.35. The molecule has 0 radical (unpaired) electrons. The summed E-state index contributed by atoms with van der Waals surface area (Å²) in [6.07, 6.45) is 5.08. The molecule has 1 saturated carbocycles. The molecule has 0 unspecified atom stereocenters. The number of ketones is 1. The van der Waals surface area contributed by atoms with Gasteiger partial charge < -0.3 is 9.30 Å². The van der Waals surface area contributed by atoms with Gasteiger partial charge in [0.2, 0.25) is 0 Å². The van der Waals surface area contributed by atoms with Gasteiger partial charge in [0.05, 0.1) is 11.0 Å². The van der Waals surface area contributed by atoms with Crippen LogP contribution in [0.4, 0.5) is 8.78 Å². The van der Waals surface area contributed by atoms with E-state index in [1.165, 1.54) is 18.9 Å². The van der Waals surface area contributed by atoms with Crippen LogP contribution in [-0.4, -0.2) is 21.9 Å². The van der Waals surface area contributed by atoms with Crippen LogP contribution in [0.1, 0.15) is 72.5 Å². The molecule has 1 aliphatic carbocycles. The van der Waals surface area contributed by atoms with Crippen LogP contribution in [-0.2, 0) is 16.8 Å². The van der Waals surface area contributed by atoms with Crippen molar-refractivity contribution in [2.45, 2.75) is 85.3 Å². The third kappa shape index (κ3) is 5.34. The number of aromatic nitrogens is 2. The molecule has 2 aromatic rings. The van der Waals surface area contributed by atoms with Crippen LogP contribution in [0.3, 0.4) is 0 Å². The summed E-state index contributed by atoms with van der Waals surface area (Å²) in [7, 11) is 0. The first-order valence-corrected chi connectivity index (χ1v) is 10.5. The van der Waals surface area contributed by atoms with Crippen molar-refractivity contribution in [1.29, 1.82) is 0 Å². The van der Waals surface area contributed by atoms with Gasteiger partial charge >= 0.3 is 6.61 Å². The lowest BCUT2D eigenvalue weighted by Gasteiger charge is -2.25. The molecule has 160 valence electrons. The largest absolute Gasteiger partial charge is 0.435 e. The Balaban J connectivity index is 1.73. The zero-order valence-electron chi connectivity index (χ0n) is 18.1. The Morgan fingerprint density at radius 2 is 1.93 bits per heavy atom. The lowest BCUT2D eigenvalue weighted by molar-refractivity contribution is -0.121. The highest BCUT2D eigenvalue weighted by Gasteiger charge is 2.38. The first-order chi connectivity index (χ1) is 13.5. The number of hydrogen-bond donors (Lipinski definition) is 0. The number of ether oxygens (including phenoxy) is 1. The molecular weight excluding hydrogens is 374 g/mol. The van der Waals surface area contributed by atoms with E-state index in [0.29, 0.717) is 31.0 Å². The summed E-state index contributed by atoms with van der Waals surface area (Å²) in [5, 5.41) is 0. The van der Waals surface area contributed by atoms with E-state index in [2.05, 4.69) is 43.9 Å². The number of rotatable bonds is 9. The van der Waals surface area contributed by atoms with Crippen molar-refractivity contribution in [1.82, 2.24) is 9.55 Å². The summed E-state index contributed by atoms with van der Waals surface area (Å²) in [6, 6.07) is 4.84. The van der Waals surface area contributed by atoms with Crippen molar-refractivity contribution in [2.75, 3.05) is 0 Å². The lowest BCUT2D eigenvalue weighted by atomic mass is 9.81. The molecule has 0 bridgehead atoms. The third-order valence-electron chi connectivity index (χ3n) is 5.78. The number of nitrogens with zero attached hydrogens (tertiary/aromatic N) is 2. The van der Waals surface area contributed by atoms with Gasteiger partial charge in [-0.2, -0.15) is 8.78 Å². The minimum Gasteiger partial charge on any atom is -0.435 e. The summed E-state index contributed by atoms with van der Waals surface area (Å²) >= 11 is 0. The first-order valence-electron chi connectivity index (χ1n) is 10.5. The highest BCUT2D eigenvalue weighted by atomic mass is 19.3. The molecule has 1 fully saturated rings. The molecule has 1 heterocycles. The zero-order chi connectivity index (χ0) is 21.4. The minimum absolute atomic E-state index is 0.108. The molecule has 6 heteroatoms. The topological polar surface area (TPSA) is 44.1 Å². The average molecular weight is 407 g/mol. The number of carbonyl (C=O) groups is 1. The highest BCUT2D eigenvalue weighted by molar-refractivity contribution is 5.79. The van der Waals surface area contributed by atoms with Crippen LogP contribution in [0, 0.1) is 11.3 Å². The molecule has 4 nitrogen and oxygen atoms in total. The van der Waals surface area contributed by atoms with Crippen LogP contribution in [0.25, 0.3) is 11.0 Å². The van der Waals surface area contributed by atoms with Gasteiger partial charge in [-0.1, -0.05) is 13.8 Å². The predicted octanol–water partition coefficient (Wildman–Crippen LogP) is 6.11. The highest BCUT2D eigenvalue weighted by Crippen LogP contribution is 2.47. The molecule has 0 N–H and O–H groups in total. The molecule has 0 amide bonds. The quantitative estimate of drug-likeness (QED) is 0.504. The molecule has 0 spiro atoms. The number of Topliss-reactive ketones (excluding diaryl/α,β-unsaturated/α-hetero) is 1. The van der Waals surface area contributed by atoms with Gasteiger partial charge in [-0.15, -0.1) is 0 Å². The number of fused-ring (bicyclic) bond motifs is 1. The Kier molecular flexibility index (Phi) is 6.02. The normalized spacial score (nSPS) is 15.3. The Hall–Kier alpha value is -1.98. The molecular formula is C23H32F2N2O2. The summed E-state index contributed by atoms with van der Waals surface area (Å²) in [6.45, 7) is 7.70. The van der Waals surface area contributed by atoms with Crippen molar-refractivity contribution in [2.24, 2.45) is 11.3 Å². The van der Waals surface area contributed by atoms with Gasteiger partial charge in [0.15, 0.2) is 0 Å². The van der Waals surface area contributed by atoms with E-state index in [-0.39, 0.29) is 16.7 Å². The number of halogens is 2. The Bertz CT molecular complexity index is 877. The van der Waals surface area contributed by atoms with Crippen molar-refractivity contribution < 1.29 is 18.3 Å². The molecule has 3 rings (SSSR count). The second kappa shape index (κ2) is 8.04. The fourth-order valence-electron chi connectivity index (χ4n) is 4.25. The Morgan fingerprint density at radius 1 is 1.24 bits per heavy atom. The maximum Gasteiger partial charge on any atom is 0.387 e. The van der Waals surface area contributed by atoms with E-state index in [1.807, 2.05) is 0 Å². The Labute approximate surface area is 171 Å². The van der Waals surface area contributed by atoms with Crippen LogP contribution >= 0.6 is 0 Å². The Morgan fingerprint density at radius 3 is 2.52 bits per heavy atom. The first kappa shape index (κ1) is 21.7. The average Bonchev–Trinajstić information content (AvgIpc) is 3.35. The number of benzene rings is 1. The van der Waals surface area contributed by atoms with Crippen LogP contribution < -0.4 is 4.74 Å². The number of alkyl halides is 2. The predicted molar refractivity (Wildman–Crippen MR) is 110 cm³/mol. The number of hydrogen-bond acceptors (Lipinski definition) is 3. The van der Waals surface area contributed by atoms with Gasteiger partial charge in [-0.25, -0.2) is 4.98 Å². The van der Waals surface area contributed by atoms with Crippen molar-refractivity contribution in [3.63, 3.8) is 0 Å². The second-order valence-electron chi connectivity index (χ2n) is 9.90. The lowest BCUT2D eigenvalue weighted by Crippen LogP contribution is -2.24.